The van der Waals surface area contributed by atoms with E-state index in [2.05, 4.69) is 4.90 Å². The fourth-order valence-corrected chi connectivity index (χ4v) is 3.62. The standard InChI is InChI=1S/C24H29NO6/c1-28-23(26)21-16-25(15-19-9-4-2-5-10-19)17-22(21)24(27)31-18-29-13-8-14-30-20-11-6-3-7-12-20/h2-7,9-12,21-22H,8,13-18H2,1H3. The highest BCUT2D eigenvalue weighted by Gasteiger charge is 2.43. The molecule has 0 spiro atoms. The van der Waals surface area contributed by atoms with Gasteiger partial charge in [0.1, 0.15) is 5.75 Å². The van der Waals surface area contributed by atoms with E-state index in [9.17, 15) is 9.59 Å². The Morgan fingerprint density at radius 2 is 1.55 bits per heavy atom. The average molecular weight is 427 g/mol. The number of para-hydroxylation sites is 1. The van der Waals surface area contributed by atoms with Crippen molar-refractivity contribution in [2.45, 2.75) is 13.0 Å². The van der Waals surface area contributed by atoms with E-state index in [1.807, 2.05) is 60.7 Å². The van der Waals surface area contributed by atoms with Gasteiger partial charge in [-0.25, -0.2) is 0 Å². The molecule has 0 amide bonds. The minimum atomic E-state index is -0.568. The quantitative estimate of drug-likeness (QED) is 0.310. The van der Waals surface area contributed by atoms with Crippen molar-refractivity contribution in [1.29, 1.82) is 0 Å². The van der Waals surface area contributed by atoms with Gasteiger partial charge < -0.3 is 18.9 Å². The molecule has 0 aromatic heterocycles. The molecular weight excluding hydrogens is 398 g/mol. The molecule has 0 bridgehead atoms. The van der Waals surface area contributed by atoms with Gasteiger partial charge in [-0.05, 0) is 17.7 Å². The molecule has 1 aliphatic heterocycles. The lowest BCUT2D eigenvalue weighted by atomic mass is 9.96. The molecule has 2 atom stereocenters. The Kier molecular flexibility index (Phi) is 8.87. The van der Waals surface area contributed by atoms with Crippen LogP contribution in [-0.2, 0) is 30.3 Å². The van der Waals surface area contributed by atoms with E-state index < -0.39 is 23.8 Å². The molecule has 1 saturated heterocycles. The fraction of sp³-hybridized carbons (Fsp3) is 0.417. The lowest BCUT2D eigenvalue weighted by molar-refractivity contribution is -0.166. The molecule has 1 heterocycles. The Bertz CT molecular complexity index is 813. The van der Waals surface area contributed by atoms with Gasteiger partial charge in [0.2, 0.25) is 0 Å². The molecule has 7 nitrogen and oxygen atoms in total. The summed E-state index contributed by atoms with van der Waals surface area (Å²) in [5, 5.41) is 0. The van der Waals surface area contributed by atoms with Crippen molar-refractivity contribution < 1.29 is 28.5 Å². The fourth-order valence-electron chi connectivity index (χ4n) is 3.62. The van der Waals surface area contributed by atoms with Crippen molar-refractivity contribution in [1.82, 2.24) is 4.90 Å². The molecule has 0 N–H and O–H groups in total. The Balaban J connectivity index is 1.39. The highest BCUT2D eigenvalue weighted by atomic mass is 16.7. The van der Waals surface area contributed by atoms with Crippen LogP contribution in [0.5, 0.6) is 5.75 Å². The van der Waals surface area contributed by atoms with Gasteiger partial charge in [0.15, 0.2) is 6.79 Å². The van der Waals surface area contributed by atoms with Crippen LogP contribution in [0.2, 0.25) is 0 Å². The van der Waals surface area contributed by atoms with Crippen LogP contribution in [0.1, 0.15) is 12.0 Å². The molecular formula is C24H29NO6. The number of carbonyl (C=O) groups excluding carboxylic acids is 2. The second-order valence-electron chi connectivity index (χ2n) is 7.42. The average Bonchev–Trinajstić information content (AvgIpc) is 3.23. The third kappa shape index (κ3) is 7.08. The third-order valence-electron chi connectivity index (χ3n) is 5.18. The van der Waals surface area contributed by atoms with E-state index in [1.54, 1.807) is 0 Å². The SMILES string of the molecule is COC(=O)C1CN(Cc2ccccc2)CC1C(=O)OCOCCCOc1ccccc1. The first-order valence-electron chi connectivity index (χ1n) is 10.4. The maximum Gasteiger partial charge on any atom is 0.313 e. The second kappa shape index (κ2) is 12.1. The Morgan fingerprint density at radius 3 is 2.23 bits per heavy atom. The number of likely N-dealkylation sites (tertiary alicyclic amines) is 1. The smallest absolute Gasteiger partial charge is 0.313 e. The Labute approximate surface area is 182 Å². The van der Waals surface area contributed by atoms with Crippen molar-refractivity contribution in [2.75, 3.05) is 40.2 Å². The predicted molar refractivity (Wildman–Crippen MR) is 114 cm³/mol. The van der Waals surface area contributed by atoms with Gasteiger partial charge in [-0.1, -0.05) is 48.5 Å². The second-order valence-corrected chi connectivity index (χ2v) is 7.42. The van der Waals surface area contributed by atoms with Gasteiger partial charge in [-0.3, -0.25) is 14.5 Å². The van der Waals surface area contributed by atoms with Crippen LogP contribution in [0, 0.1) is 11.8 Å². The zero-order valence-electron chi connectivity index (χ0n) is 17.8. The zero-order valence-corrected chi connectivity index (χ0v) is 17.8. The highest BCUT2D eigenvalue weighted by Crippen LogP contribution is 2.27. The summed E-state index contributed by atoms with van der Waals surface area (Å²) in [5.41, 5.74) is 1.13. The van der Waals surface area contributed by atoms with Crippen molar-refractivity contribution >= 4 is 11.9 Å². The summed E-state index contributed by atoms with van der Waals surface area (Å²) in [6.45, 7) is 2.34. The molecule has 7 heteroatoms. The number of nitrogens with zero attached hydrogens (tertiary/aromatic N) is 1. The number of carbonyl (C=O) groups is 2. The highest BCUT2D eigenvalue weighted by molar-refractivity contribution is 5.83. The number of ether oxygens (including phenoxy) is 4. The molecule has 2 unspecified atom stereocenters. The van der Waals surface area contributed by atoms with Crippen LogP contribution in [-0.4, -0.2) is 57.0 Å². The van der Waals surface area contributed by atoms with E-state index in [0.29, 0.717) is 39.3 Å². The van der Waals surface area contributed by atoms with Crippen molar-refractivity contribution in [3.8, 4) is 5.75 Å². The maximum absolute atomic E-state index is 12.6. The first-order chi connectivity index (χ1) is 15.2. The van der Waals surface area contributed by atoms with Gasteiger partial charge in [-0.15, -0.1) is 0 Å². The van der Waals surface area contributed by atoms with Gasteiger partial charge in [0.05, 0.1) is 32.2 Å². The van der Waals surface area contributed by atoms with Gasteiger partial charge in [-0.2, -0.15) is 0 Å². The topological polar surface area (TPSA) is 74.3 Å². The van der Waals surface area contributed by atoms with E-state index in [0.717, 1.165) is 11.3 Å². The lowest BCUT2D eigenvalue weighted by Gasteiger charge is -2.15. The van der Waals surface area contributed by atoms with Crippen molar-refractivity contribution in [3.05, 3.63) is 66.2 Å². The first-order valence-corrected chi connectivity index (χ1v) is 10.4. The summed E-state index contributed by atoms with van der Waals surface area (Å²) in [7, 11) is 1.34. The van der Waals surface area contributed by atoms with Crippen LogP contribution in [0.25, 0.3) is 0 Å². The van der Waals surface area contributed by atoms with Crippen LogP contribution in [0.3, 0.4) is 0 Å². The van der Waals surface area contributed by atoms with Crippen LogP contribution < -0.4 is 4.74 Å². The summed E-state index contributed by atoms with van der Waals surface area (Å²) in [6, 6.07) is 19.5. The summed E-state index contributed by atoms with van der Waals surface area (Å²) in [5.74, 6) is -1.13. The molecule has 1 fully saturated rings. The number of benzene rings is 2. The predicted octanol–water partition coefficient (Wildman–Crippen LogP) is 2.89. The number of hydrogen-bond acceptors (Lipinski definition) is 7. The molecule has 2 aromatic carbocycles. The van der Waals surface area contributed by atoms with Crippen molar-refractivity contribution in [2.24, 2.45) is 11.8 Å². The lowest BCUT2D eigenvalue weighted by Crippen LogP contribution is -2.31. The molecule has 31 heavy (non-hydrogen) atoms. The van der Waals surface area contributed by atoms with Crippen LogP contribution in [0.15, 0.2) is 60.7 Å². The summed E-state index contributed by atoms with van der Waals surface area (Å²) >= 11 is 0. The monoisotopic (exact) mass is 427 g/mol. The minimum absolute atomic E-state index is 0.146. The van der Waals surface area contributed by atoms with Crippen LogP contribution >= 0.6 is 0 Å². The molecule has 2 aromatic rings. The van der Waals surface area contributed by atoms with E-state index in [4.69, 9.17) is 18.9 Å². The molecule has 3 rings (SSSR count). The van der Waals surface area contributed by atoms with Crippen LogP contribution in [0.4, 0.5) is 0 Å². The molecule has 0 aliphatic carbocycles. The summed E-state index contributed by atoms with van der Waals surface area (Å²) in [4.78, 5) is 26.9. The third-order valence-corrected chi connectivity index (χ3v) is 5.18. The zero-order chi connectivity index (χ0) is 21.9. The normalized spacial score (nSPS) is 18.5. The number of rotatable bonds is 11. The number of hydrogen-bond donors (Lipinski definition) is 0. The summed E-state index contributed by atoms with van der Waals surface area (Å²) in [6.07, 6.45) is 0.672. The molecule has 0 saturated carbocycles. The number of esters is 2. The minimum Gasteiger partial charge on any atom is -0.494 e. The number of methoxy groups -OCH3 is 1. The summed E-state index contributed by atoms with van der Waals surface area (Å²) < 4.78 is 21.2. The van der Waals surface area contributed by atoms with E-state index in [1.165, 1.54) is 7.11 Å². The molecule has 1 aliphatic rings. The first kappa shape index (κ1) is 22.8. The largest absolute Gasteiger partial charge is 0.494 e. The van der Waals surface area contributed by atoms with E-state index >= 15 is 0 Å². The van der Waals surface area contributed by atoms with Gasteiger partial charge in [0, 0.05) is 26.1 Å². The molecule has 0 radical (unpaired) electrons. The maximum atomic E-state index is 12.6. The van der Waals surface area contributed by atoms with E-state index in [-0.39, 0.29) is 6.79 Å². The Hall–Kier alpha value is -2.90. The van der Waals surface area contributed by atoms with Gasteiger partial charge in [0.25, 0.3) is 0 Å². The van der Waals surface area contributed by atoms with Gasteiger partial charge >= 0.3 is 11.9 Å². The Morgan fingerprint density at radius 1 is 0.903 bits per heavy atom. The molecule has 166 valence electrons. The van der Waals surface area contributed by atoms with Crippen molar-refractivity contribution in [3.63, 3.8) is 0 Å².